The van der Waals surface area contributed by atoms with E-state index in [1.54, 1.807) is 15.7 Å². The minimum absolute atomic E-state index is 0.0528. The van der Waals surface area contributed by atoms with Crippen molar-refractivity contribution in [3.8, 4) is 0 Å². The zero-order valence-corrected chi connectivity index (χ0v) is 26.6. The van der Waals surface area contributed by atoms with Gasteiger partial charge < -0.3 is 9.47 Å². The fourth-order valence-corrected chi connectivity index (χ4v) is 4.42. The maximum Gasteiger partial charge on any atom is 0.418 e. The van der Waals surface area contributed by atoms with Crippen LogP contribution in [0.1, 0.15) is 99.8 Å². The number of benzene rings is 2. The minimum Gasteiger partial charge on any atom is -0.443 e. The Balaban J connectivity index is 0.000000220. The molecule has 0 fully saturated rings. The molecule has 218 valence electrons. The topological polar surface area (TPSA) is 60.8 Å². The van der Waals surface area contributed by atoms with Gasteiger partial charge in [-0.15, -0.1) is 0 Å². The van der Waals surface area contributed by atoms with Crippen LogP contribution in [0.4, 0.5) is 15.3 Å². The molecule has 0 atom stereocenters. The van der Waals surface area contributed by atoms with Crippen LogP contribution in [0.15, 0.2) is 48.7 Å². The van der Waals surface area contributed by atoms with E-state index in [-0.39, 0.29) is 23.0 Å². The Bertz CT molecular complexity index is 1370. The fraction of sp³-hybridized carbons (Fsp3) is 0.529. The maximum absolute atomic E-state index is 12.3. The summed E-state index contributed by atoms with van der Waals surface area (Å²) in [5, 5.41) is 1.05. The molecule has 2 aromatic carbocycles. The molecule has 6 nitrogen and oxygen atoms in total. The van der Waals surface area contributed by atoms with Crippen LogP contribution in [0.2, 0.25) is 0 Å². The average molecular weight is 549 g/mol. The summed E-state index contributed by atoms with van der Waals surface area (Å²) in [6, 6.07) is 14.6. The summed E-state index contributed by atoms with van der Waals surface area (Å²) in [6.45, 7) is 25.0. The van der Waals surface area contributed by atoms with Gasteiger partial charge in [0, 0.05) is 18.1 Å². The quantitative estimate of drug-likeness (QED) is 0.281. The summed E-state index contributed by atoms with van der Waals surface area (Å²) >= 11 is 0. The van der Waals surface area contributed by atoms with Gasteiger partial charge in [0.2, 0.25) is 0 Å². The lowest BCUT2D eigenvalue weighted by Gasteiger charge is -2.26. The van der Waals surface area contributed by atoms with Gasteiger partial charge in [-0.3, -0.25) is 9.47 Å². The van der Waals surface area contributed by atoms with Gasteiger partial charge in [0.05, 0.1) is 11.2 Å². The van der Waals surface area contributed by atoms with Crippen LogP contribution in [0.3, 0.4) is 0 Å². The number of carbonyl (C=O) groups excluding carboxylic acids is 2. The third kappa shape index (κ3) is 7.89. The van der Waals surface area contributed by atoms with Crippen molar-refractivity contribution in [1.82, 2.24) is 4.57 Å². The predicted molar refractivity (Wildman–Crippen MR) is 165 cm³/mol. The van der Waals surface area contributed by atoms with Crippen molar-refractivity contribution >= 4 is 28.8 Å². The fourth-order valence-electron chi connectivity index (χ4n) is 4.42. The number of rotatable bonds is 0. The third-order valence-corrected chi connectivity index (χ3v) is 6.61. The van der Waals surface area contributed by atoms with Crippen molar-refractivity contribution in [2.75, 3.05) is 11.4 Å². The first kappa shape index (κ1) is 31.3. The van der Waals surface area contributed by atoms with Gasteiger partial charge >= 0.3 is 12.2 Å². The Labute approximate surface area is 240 Å². The van der Waals surface area contributed by atoms with Crippen molar-refractivity contribution in [2.24, 2.45) is 0 Å². The maximum atomic E-state index is 12.3. The van der Waals surface area contributed by atoms with Crippen LogP contribution in [-0.2, 0) is 26.7 Å². The van der Waals surface area contributed by atoms with Crippen LogP contribution in [0, 0.1) is 0 Å². The third-order valence-electron chi connectivity index (χ3n) is 6.61. The zero-order chi connectivity index (χ0) is 30.3. The number of ether oxygens (including phenoxy) is 2. The molecule has 0 aliphatic carbocycles. The Hall–Kier alpha value is -3.28. The molecule has 6 heteroatoms. The molecule has 1 aliphatic rings. The molecule has 0 N–H and O–H groups in total. The van der Waals surface area contributed by atoms with Crippen LogP contribution in [0.5, 0.6) is 0 Å². The van der Waals surface area contributed by atoms with E-state index in [2.05, 4.69) is 77.9 Å². The summed E-state index contributed by atoms with van der Waals surface area (Å²) in [5.74, 6) is 0. The second kappa shape index (κ2) is 10.9. The van der Waals surface area contributed by atoms with Gasteiger partial charge in [-0.1, -0.05) is 65.8 Å². The van der Waals surface area contributed by atoms with Gasteiger partial charge in [0.1, 0.15) is 11.2 Å². The molecule has 4 rings (SSSR count). The van der Waals surface area contributed by atoms with E-state index in [1.165, 1.54) is 16.7 Å². The summed E-state index contributed by atoms with van der Waals surface area (Å²) in [4.78, 5) is 26.3. The van der Waals surface area contributed by atoms with Gasteiger partial charge in [-0.25, -0.2) is 9.59 Å². The molecule has 1 aliphatic heterocycles. The van der Waals surface area contributed by atoms with Crippen LogP contribution >= 0.6 is 0 Å². The molecular formula is C34H48N2O4. The van der Waals surface area contributed by atoms with E-state index in [0.717, 1.165) is 23.0 Å². The SMILES string of the molecule is CC(C)(C)OC(=O)N1CCc2ccc(C(C)(C)C)cc21.CC(C)(C)OC(=O)n1ccc2ccc(C(C)(C)C)cc21. The molecule has 0 unspecified atom stereocenters. The first-order valence-corrected chi connectivity index (χ1v) is 14.1. The molecule has 0 bridgehead atoms. The zero-order valence-electron chi connectivity index (χ0n) is 26.6. The molecule has 3 aromatic rings. The highest BCUT2D eigenvalue weighted by Crippen LogP contribution is 2.34. The van der Waals surface area contributed by atoms with Crippen molar-refractivity contribution in [2.45, 2.75) is 112 Å². The normalized spacial score (nSPS) is 13.9. The van der Waals surface area contributed by atoms with E-state index in [9.17, 15) is 9.59 Å². The number of carbonyl (C=O) groups is 2. The summed E-state index contributed by atoms with van der Waals surface area (Å²) in [5.41, 5.74) is 4.76. The second-order valence-electron chi connectivity index (χ2n) is 14.7. The second-order valence-corrected chi connectivity index (χ2v) is 14.7. The van der Waals surface area contributed by atoms with Crippen molar-refractivity contribution < 1.29 is 19.1 Å². The number of fused-ring (bicyclic) bond motifs is 2. The molecule has 0 saturated heterocycles. The van der Waals surface area contributed by atoms with E-state index >= 15 is 0 Å². The molecule has 40 heavy (non-hydrogen) atoms. The predicted octanol–water partition coefficient (Wildman–Crippen LogP) is 9.00. The Morgan fingerprint density at radius 3 is 1.75 bits per heavy atom. The molecule has 0 saturated carbocycles. The smallest absolute Gasteiger partial charge is 0.418 e. The van der Waals surface area contributed by atoms with Gasteiger partial charge in [0.25, 0.3) is 0 Å². The number of hydrogen-bond donors (Lipinski definition) is 0. The average Bonchev–Trinajstić information content (AvgIpc) is 3.39. The molecule has 2 heterocycles. The highest BCUT2D eigenvalue weighted by molar-refractivity contribution is 5.91. The largest absolute Gasteiger partial charge is 0.443 e. The Morgan fingerprint density at radius 2 is 1.20 bits per heavy atom. The lowest BCUT2D eigenvalue weighted by Crippen LogP contribution is -2.35. The van der Waals surface area contributed by atoms with Crippen LogP contribution in [0.25, 0.3) is 10.9 Å². The van der Waals surface area contributed by atoms with Crippen molar-refractivity contribution in [3.05, 3.63) is 65.4 Å². The highest BCUT2D eigenvalue weighted by atomic mass is 16.6. The van der Waals surface area contributed by atoms with Crippen molar-refractivity contribution in [3.63, 3.8) is 0 Å². The van der Waals surface area contributed by atoms with Gasteiger partial charge in [-0.05, 0) is 93.7 Å². The van der Waals surface area contributed by atoms with E-state index in [0.29, 0.717) is 6.54 Å². The summed E-state index contributed by atoms with van der Waals surface area (Å²) in [6.07, 6.45) is 2.09. The van der Waals surface area contributed by atoms with E-state index in [4.69, 9.17) is 9.47 Å². The van der Waals surface area contributed by atoms with Gasteiger partial charge in [-0.2, -0.15) is 0 Å². The first-order chi connectivity index (χ1) is 18.2. The molecule has 1 aromatic heterocycles. The monoisotopic (exact) mass is 548 g/mol. The van der Waals surface area contributed by atoms with Crippen LogP contribution < -0.4 is 4.90 Å². The van der Waals surface area contributed by atoms with E-state index in [1.807, 2.05) is 47.6 Å². The Morgan fingerprint density at radius 1 is 0.675 bits per heavy atom. The van der Waals surface area contributed by atoms with Crippen LogP contribution in [-0.4, -0.2) is 34.5 Å². The van der Waals surface area contributed by atoms with E-state index < -0.39 is 11.2 Å². The number of aromatic nitrogens is 1. The minimum atomic E-state index is -0.491. The molecular weight excluding hydrogens is 500 g/mol. The molecule has 1 amide bonds. The summed E-state index contributed by atoms with van der Waals surface area (Å²) < 4.78 is 12.5. The number of hydrogen-bond acceptors (Lipinski definition) is 4. The summed E-state index contributed by atoms with van der Waals surface area (Å²) in [7, 11) is 0. The number of nitrogens with zero attached hydrogens (tertiary/aromatic N) is 2. The molecule has 0 radical (unpaired) electrons. The first-order valence-electron chi connectivity index (χ1n) is 14.1. The number of anilines is 1. The van der Waals surface area contributed by atoms with Crippen molar-refractivity contribution in [1.29, 1.82) is 0 Å². The molecule has 0 spiro atoms. The van der Waals surface area contributed by atoms with Gasteiger partial charge in [0.15, 0.2) is 0 Å². The Kier molecular flexibility index (Phi) is 8.55. The standard InChI is InChI=1S/C17H25NO2.C17H23NO2/c2*1-16(2,3)13-8-7-12-9-10-18(14(12)11-13)15(19)20-17(4,5)6/h7-8,11H,9-10H2,1-6H3;7-11H,1-6H3. The number of amides is 1. The lowest BCUT2D eigenvalue weighted by atomic mass is 9.86. The lowest BCUT2D eigenvalue weighted by molar-refractivity contribution is 0.0541. The highest BCUT2D eigenvalue weighted by Gasteiger charge is 2.30.